The zero-order valence-corrected chi connectivity index (χ0v) is 33.7. The predicted octanol–water partition coefficient (Wildman–Crippen LogP) is 0.627. The van der Waals surface area contributed by atoms with Crippen molar-refractivity contribution in [1.82, 2.24) is 0 Å². The van der Waals surface area contributed by atoms with Crippen LogP contribution < -0.4 is 0 Å². The Balaban J connectivity index is 1.11. The summed E-state index contributed by atoms with van der Waals surface area (Å²) in [5.74, 6) is -0.664. The fourth-order valence-electron chi connectivity index (χ4n) is 12.6. The van der Waals surface area contributed by atoms with Gasteiger partial charge < -0.3 is 64.5 Å². The molecule has 15 heteroatoms. The van der Waals surface area contributed by atoms with Crippen LogP contribution in [0.5, 0.6) is 0 Å². The van der Waals surface area contributed by atoms with Crippen molar-refractivity contribution in [2.75, 3.05) is 13.2 Å². The highest BCUT2D eigenvalue weighted by Crippen LogP contribution is 2.74. The third-order valence-corrected chi connectivity index (χ3v) is 16.6. The first-order chi connectivity index (χ1) is 26.0. The molecule has 4 aliphatic carbocycles. The van der Waals surface area contributed by atoms with Crippen LogP contribution in [0.15, 0.2) is 11.6 Å². The smallest absolute Gasteiger partial charge is 0.316 e. The van der Waals surface area contributed by atoms with Crippen molar-refractivity contribution in [3.05, 3.63) is 11.6 Å². The number of carbonyl (C=O) groups excluding carboxylic acids is 2. The second-order valence-corrected chi connectivity index (χ2v) is 19.8. The minimum absolute atomic E-state index is 0.118. The summed E-state index contributed by atoms with van der Waals surface area (Å²) in [5.41, 5.74) is -3.27. The molecule has 7 rings (SSSR count). The SMILES string of the molecule is CC(=O)C(C)(O)[C@H]1C[C@]2(C=C3[C@H](O)CC4[C@@]5(C)CC[C@H](O[C@@H]6OC[C@H](O)[C@H](O)[C@H]6O[C@@H]6O[C@H](CO)[C@@H](O)[C@H](O)[C@H]6O)C(C)(C)C5CC[C@@]4(C)[C@]3(C)CC2)C(=O)O1. The Morgan fingerprint density at radius 3 is 2.25 bits per heavy atom. The van der Waals surface area contributed by atoms with E-state index in [4.69, 9.17) is 23.7 Å². The van der Waals surface area contributed by atoms with E-state index in [0.29, 0.717) is 25.7 Å². The Bertz CT molecular complexity index is 1560. The van der Waals surface area contributed by atoms with Gasteiger partial charge in [-0.05, 0) is 97.9 Å². The molecule has 56 heavy (non-hydrogen) atoms. The minimum Gasteiger partial charge on any atom is -0.458 e. The first kappa shape index (κ1) is 42.5. The molecule has 0 aromatic heterocycles. The van der Waals surface area contributed by atoms with Gasteiger partial charge in [0.15, 0.2) is 24.0 Å². The molecule has 7 aliphatic rings. The molecule has 3 saturated heterocycles. The van der Waals surface area contributed by atoms with E-state index in [1.165, 1.54) is 13.8 Å². The summed E-state index contributed by atoms with van der Waals surface area (Å²) in [6.45, 7) is 13.0. The van der Waals surface area contributed by atoms with E-state index in [2.05, 4.69) is 34.6 Å². The Labute approximate surface area is 328 Å². The zero-order chi connectivity index (χ0) is 41.1. The number of esters is 1. The lowest BCUT2D eigenvalue weighted by Crippen LogP contribution is -2.66. The Kier molecular flexibility index (Phi) is 10.8. The number of hydrogen-bond donors (Lipinski definition) is 8. The van der Waals surface area contributed by atoms with E-state index >= 15 is 0 Å². The molecule has 0 aromatic rings. The van der Waals surface area contributed by atoms with Gasteiger partial charge in [0.05, 0.1) is 30.8 Å². The number of cyclic esters (lactones) is 1. The first-order valence-electron chi connectivity index (χ1n) is 20.4. The molecule has 0 amide bonds. The number of hydrogen-bond acceptors (Lipinski definition) is 15. The lowest BCUT2D eigenvalue weighted by atomic mass is 9.34. The van der Waals surface area contributed by atoms with Crippen molar-refractivity contribution in [2.45, 2.75) is 179 Å². The van der Waals surface area contributed by atoms with Gasteiger partial charge in [0, 0.05) is 6.42 Å². The Hall–Kier alpha value is -1.60. The van der Waals surface area contributed by atoms with Crippen LogP contribution in [0.25, 0.3) is 0 Å². The molecule has 19 atom stereocenters. The van der Waals surface area contributed by atoms with Crippen LogP contribution in [-0.2, 0) is 33.3 Å². The topological polar surface area (TPSA) is 242 Å². The molecule has 6 fully saturated rings. The number of aliphatic hydroxyl groups excluding tert-OH is 7. The van der Waals surface area contributed by atoms with Crippen molar-refractivity contribution in [3.8, 4) is 0 Å². The summed E-state index contributed by atoms with van der Waals surface area (Å²) in [6.07, 6.45) is -8.53. The van der Waals surface area contributed by atoms with Crippen molar-refractivity contribution in [1.29, 1.82) is 0 Å². The van der Waals surface area contributed by atoms with Crippen molar-refractivity contribution in [3.63, 3.8) is 0 Å². The second kappa shape index (κ2) is 14.3. The number of carbonyl (C=O) groups is 2. The highest BCUT2D eigenvalue weighted by molar-refractivity contribution is 5.88. The van der Waals surface area contributed by atoms with Crippen LogP contribution in [0.1, 0.15) is 99.8 Å². The van der Waals surface area contributed by atoms with E-state index in [-0.39, 0.29) is 41.8 Å². The normalized spacial score (nSPS) is 52.6. The largest absolute Gasteiger partial charge is 0.458 e. The molecule has 1 spiro atoms. The number of ether oxygens (including phenoxy) is 5. The van der Waals surface area contributed by atoms with Gasteiger partial charge in [0.25, 0.3) is 0 Å². The monoisotopic (exact) mass is 796 g/mol. The summed E-state index contributed by atoms with van der Waals surface area (Å²) < 4.78 is 29.8. The highest BCUT2D eigenvalue weighted by Gasteiger charge is 2.69. The molecule has 3 unspecified atom stereocenters. The summed E-state index contributed by atoms with van der Waals surface area (Å²) in [5, 5.41) is 85.6. The number of fused-ring (bicyclic) bond motifs is 5. The standard InChI is InChI=1S/C41H64O15/c1-19(43)40(7,51)27-16-41(35(50)55-27)13-12-38(5)20(15-41)21(44)14-25-37(4)10-9-26(36(2,3)24(37)8-11-39(25,38)6)54-34-32(28(46)22(45)18-52-34)56-33-31(49)30(48)29(47)23(17-42)53-33/h15,21-34,42,44-49,51H,8-14,16-18H2,1-7H3/t21-,22+,23-,24?,25?,26+,27-,28+,29-,30+,31-,32-,33+,34+,37+,38-,39-,40?,41+/m1/s1. The minimum atomic E-state index is -1.80. The lowest BCUT2D eigenvalue weighted by Gasteiger charge is -2.71. The number of ketones is 1. The maximum absolute atomic E-state index is 13.5. The zero-order valence-electron chi connectivity index (χ0n) is 33.7. The first-order valence-corrected chi connectivity index (χ1v) is 20.4. The van der Waals surface area contributed by atoms with Gasteiger partial charge in [0.1, 0.15) is 48.8 Å². The molecule has 3 saturated carbocycles. The Morgan fingerprint density at radius 1 is 0.893 bits per heavy atom. The van der Waals surface area contributed by atoms with Gasteiger partial charge in [-0.3, -0.25) is 9.59 Å². The van der Waals surface area contributed by atoms with Crippen LogP contribution in [0.3, 0.4) is 0 Å². The van der Waals surface area contributed by atoms with Crippen LogP contribution in [0, 0.1) is 38.9 Å². The quantitative estimate of drug-likeness (QED) is 0.100. The summed E-state index contributed by atoms with van der Waals surface area (Å²) in [6, 6.07) is 0. The van der Waals surface area contributed by atoms with Crippen molar-refractivity contribution in [2.24, 2.45) is 38.9 Å². The van der Waals surface area contributed by atoms with Crippen molar-refractivity contribution >= 4 is 11.8 Å². The van der Waals surface area contributed by atoms with Gasteiger partial charge in [-0.2, -0.15) is 0 Å². The van der Waals surface area contributed by atoms with Gasteiger partial charge >= 0.3 is 5.97 Å². The molecular weight excluding hydrogens is 732 g/mol. The maximum atomic E-state index is 13.5. The summed E-state index contributed by atoms with van der Waals surface area (Å²) in [4.78, 5) is 25.8. The van der Waals surface area contributed by atoms with Crippen LogP contribution >= 0.6 is 0 Å². The number of rotatable bonds is 7. The predicted molar refractivity (Wildman–Crippen MR) is 195 cm³/mol. The fourth-order valence-corrected chi connectivity index (χ4v) is 12.6. The average molecular weight is 797 g/mol. The molecular formula is C41H64O15. The van der Waals surface area contributed by atoms with E-state index in [1.54, 1.807) is 0 Å². The highest BCUT2D eigenvalue weighted by atomic mass is 16.8. The van der Waals surface area contributed by atoms with E-state index in [9.17, 15) is 50.4 Å². The van der Waals surface area contributed by atoms with Gasteiger partial charge in [-0.15, -0.1) is 0 Å². The summed E-state index contributed by atoms with van der Waals surface area (Å²) in [7, 11) is 0. The Morgan fingerprint density at radius 2 is 1.59 bits per heavy atom. The molecule has 0 bridgehead atoms. The molecule has 318 valence electrons. The molecule has 8 N–H and O–H groups in total. The number of Topliss-reactive ketones (excluding diaryl/α,β-unsaturated/α-hetero) is 1. The molecule has 3 heterocycles. The van der Waals surface area contributed by atoms with E-state index < -0.39 is 108 Å². The average Bonchev–Trinajstić information content (AvgIpc) is 3.46. The molecule has 3 aliphatic heterocycles. The van der Waals surface area contributed by atoms with Crippen LogP contribution in [0.4, 0.5) is 0 Å². The fraction of sp³-hybridized carbons (Fsp3) is 0.902. The van der Waals surface area contributed by atoms with Crippen LogP contribution in [-0.4, -0.2) is 145 Å². The molecule has 0 aromatic carbocycles. The van der Waals surface area contributed by atoms with Gasteiger partial charge in [-0.1, -0.05) is 40.7 Å². The van der Waals surface area contributed by atoms with E-state index in [1.807, 2.05) is 6.08 Å². The van der Waals surface area contributed by atoms with Gasteiger partial charge in [0.2, 0.25) is 0 Å². The maximum Gasteiger partial charge on any atom is 0.316 e. The molecule has 15 nitrogen and oxygen atoms in total. The van der Waals surface area contributed by atoms with Crippen molar-refractivity contribution < 1.29 is 74.1 Å². The van der Waals surface area contributed by atoms with E-state index in [0.717, 1.165) is 24.8 Å². The third-order valence-electron chi connectivity index (χ3n) is 16.6. The number of aliphatic hydroxyl groups is 8. The van der Waals surface area contributed by atoms with Crippen LogP contribution in [0.2, 0.25) is 0 Å². The summed E-state index contributed by atoms with van der Waals surface area (Å²) >= 11 is 0. The second-order valence-electron chi connectivity index (χ2n) is 19.8. The molecule has 0 radical (unpaired) electrons. The lowest BCUT2D eigenvalue weighted by molar-refractivity contribution is -0.367. The van der Waals surface area contributed by atoms with Gasteiger partial charge in [-0.25, -0.2) is 0 Å². The third kappa shape index (κ3) is 6.20.